The first kappa shape index (κ1) is 15.7. The minimum absolute atomic E-state index is 0.205. The van der Waals surface area contributed by atoms with Gasteiger partial charge in [0.25, 0.3) is 0 Å². The summed E-state index contributed by atoms with van der Waals surface area (Å²) < 4.78 is 51.0. The van der Waals surface area contributed by atoms with Crippen LogP contribution in [0.4, 0.5) is 17.6 Å². The van der Waals surface area contributed by atoms with Crippen LogP contribution in [0.15, 0.2) is 35.3 Å². The van der Waals surface area contributed by atoms with Crippen molar-refractivity contribution in [3.8, 4) is 0 Å². The lowest BCUT2D eigenvalue weighted by atomic mass is 9.91. The second-order valence-corrected chi connectivity index (χ2v) is 4.61. The lowest BCUT2D eigenvalue weighted by Gasteiger charge is -2.19. The van der Waals surface area contributed by atoms with Crippen LogP contribution in [-0.2, 0) is 0 Å². The highest BCUT2D eigenvalue weighted by Gasteiger charge is 2.32. The smallest absolute Gasteiger partial charge is 0.399 e. The van der Waals surface area contributed by atoms with E-state index in [4.69, 9.17) is 5.73 Å². The van der Waals surface area contributed by atoms with E-state index in [1.165, 1.54) is 13.0 Å². The molecule has 0 spiro atoms. The van der Waals surface area contributed by atoms with Crippen LogP contribution in [0.5, 0.6) is 0 Å². The molecule has 1 nitrogen and oxygen atoms in total. The Morgan fingerprint density at radius 2 is 1.59 bits per heavy atom. The largest absolute Gasteiger partial charge is 0.416 e. The molecule has 0 bridgehead atoms. The minimum Gasteiger partial charge on any atom is -0.399 e. The lowest BCUT2D eigenvalue weighted by Crippen LogP contribution is -2.19. The van der Waals surface area contributed by atoms with E-state index in [1.54, 1.807) is 20.8 Å². The molecule has 2 N–H and O–H groups in total. The predicted molar refractivity (Wildman–Crippen MR) is 60.7 cm³/mol. The second-order valence-electron chi connectivity index (χ2n) is 4.61. The van der Waals surface area contributed by atoms with Gasteiger partial charge in [0.2, 0.25) is 0 Å². The summed E-state index contributed by atoms with van der Waals surface area (Å²) in [5, 5.41) is 0. The molecular formula is C12H17F4N. The molecule has 0 heterocycles. The average Bonchev–Trinajstić information content (AvgIpc) is 2.12. The summed E-state index contributed by atoms with van der Waals surface area (Å²) in [7, 11) is 0. The molecular weight excluding hydrogens is 234 g/mol. The Labute approximate surface area is 98.7 Å². The molecule has 0 fully saturated rings. The van der Waals surface area contributed by atoms with Crippen LogP contribution in [0.25, 0.3) is 0 Å². The first-order chi connectivity index (χ1) is 7.50. The highest BCUT2D eigenvalue weighted by molar-refractivity contribution is 5.33. The normalized spacial score (nSPS) is 16.4. The van der Waals surface area contributed by atoms with E-state index in [9.17, 15) is 17.6 Å². The highest BCUT2D eigenvalue weighted by Crippen LogP contribution is 2.30. The van der Waals surface area contributed by atoms with E-state index in [0.29, 0.717) is 6.08 Å². The van der Waals surface area contributed by atoms with E-state index >= 15 is 0 Å². The summed E-state index contributed by atoms with van der Waals surface area (Å²) in [6.07, 6.45) is -2.18. The molecule has 0 aromatic heterocycles. The monoisotopic (exact) mass is 251 g/mol. The van der Waals surface area contributed by atoms with Crippen molar-refractivity contribution < 1.29 is 17.6 Å². The number of hydrogen-bond acceptors (Lipinski definition) is 1. The predicted octanol–water partition coefficient (Wildman–Crippen LogP) is 4.24. The Hall–Kier alpha value is -1.26. The highest BCUT2D eigenvalue weighted by atomic mass is 19.4. The molecule has 0 aliphatic carbocycles. The Kier molecular flexibility index (Phi) is 4.98. The first-order valence-corrected chi connectivity index (χ1v) is 5.07. The van der Waals surface area contributed by atoms with Crippen molar-refractivity contribution in [2.24, 2.45) is 11.1 Å². The molecule has 0 unspecified atom stereocenters. The zero-order chi connectivity index (χ0) is 13.9. The topological polar surface area (TPSA) is 26.0 Å². The van der Waals surface area contributed by atoms with Crippen molar-refractivity contribution in [1.82, 2.24) is 0 Å². The van der Waals surface area contributed by atoms with E-state index in [0.717, 1.165) is 6.08 Å². The van der Waals surface area contributed by atoms with Crippen LogP contribution in [-0.4, -0.2) is 6.18 Å². The van der Waals surface area contributed by atoms with Gasteiger partial charge in [-0.05, 0) is 13.0 Å². The molecule has 98 valence electrons. The van der Waals surface area contributed by atoms with E-state index in [1.807, 2.05) is 0 Å². The van der Waals surface area contributed by atoms with E-state index in [-0.39, 0.29) is 5.70 Å². The first-order valence-electron chi connectivity index (χ1n) is 5.07. The Morgan fingerprint density at radius 1 is 1.12 bits per heavy atom. The molecule has 0 saturated carbocycles. The van der Waals surface area contributed by atoms with Crippen LogP contribution in [0.1, 0.15) is 27.7 Å². The van der Waals surface area contributed by atoms with Gasteiger partial charge in [-0.25, -0.2) is 4.39 Å². The molecule has 17 heavy (non-hydrogen) atoms. The van der Waals surface area contributed by atoms with Gasteiger partial charge in [-0.3, -0.25) is 0 Å². The lowest BCUT2D eigenvalue weighted by molar-refractivity contribution is -0.0883. The quantitative estimate of drug-likeness (QED) is 0.576. The number of nitrogens with two attached hydrogens (primary N) is 1. The summed E-state index contributed by atoms with van der Waals surface area (Å²) >= 11 is 0. The van der Waals surface area contributed by atoms with E-state index in [2.05, 4.69) is 0 Å². The molecule has 0 aliphatic rings. The molecule has 0 rings (SSSR count). The standard InChI is InChI=1S/C12H17F4N/c1-5-6-8(12(14,15)16)7-9(13)10(17)11(2,3)4/h5-7H,17H2,1-4H3/b6-5-,8-7+,10-9+. The molecule has 0 atom stereocenters. The number of halogens is 4. The van der Waals surface area contributed by atoms with Crippen molar-refractivity contribution in [2.75, 3.05) is 0 Å². The van der Waals surface area contributed by atoms with Crippen molar-refractivity contribution in [1.29, 1.82) is 0 Å². The Morgan fingerprint density at radius 3 is 1.88 bits per heavy atom. The molecule has 0 aromatic rings. The molecule has 0 radical (unpaired) electrons. The molecule has 5 heteroatoms. The molecule has 0 amide bonds. The van der Waals surface area contributed by atoms with Crippen LogP contribution in [0, 0.1) is 5.41 Å². The Balaban J connectivity index is 5.51. The summed E-state index contributed by atoms with van der Waals surface area (Å²) in [6.45, 7) is 6.30. The van der Waals surface area contributed by atoms with Gasteiger partial charge in [-0.2, -0.15) is 13.2 Å². The summed E-state index contributed by atoms with van der Waals surface area (Å²) in [6, 6.07) is 0. The number of hydrogen-bond donors (Lipinski definition) is 1. The number of allylic oxidation sites excluding steroid dienone is 6. The Bertz CT molecular complexity index is 354. The fourth-order valence-corrected chi connectivity index (χ4v) is 0.977. The van der Waals surface area contributed by atoms with Gasteiger partial charge in [0.1, 0.15) is 5.83 Å². The van der Waals surface area contributed by atoms with Crippen molar-refractivity contribution >= 4 is 0 Å². The summed E-state index contributed by atoms with van der Waals surface area (Å²) in [5.41, 5.74) is 3.47. The van der Waals surface area contributed by atoms with Gasteiger partial charge in [0, 0.05) is 11.1 Å². The van der Waals surface area contributed by atoms with Crippen molar-refractivity contribution in [3.63, 3.8) is 0 Å². The van der Waals surface area contributed by atoms with Gasteiger partial charge in [0.05, 0.1) is 5.57 Å². The SMILES string of the molecule is C\C=C/C(=C\C(F)=C(/N)C(C)(C)C)C(F)(F)F. The summed E-state index contributed by atoms with van der Waals surface area (Å²) in [5.74, 6) is -1.05. The fraction of sp³-hybridized carbons (Fsp3) is 0.500. The average molecular weight is 251 g/mol. The third-order valence-electron chi connectivity index (χ3n) is 2.02. The van der Waals surface area contributed by atoms with Crippen LogP contribution in [0.3, 0.4) is 0 Å². The van der Waals surface area contributed by atoms with Crippen LogP contribution < -0.4 is 5.73 Å². The number of alkyl halides is 3. The molecule has 0 aromatic carbocycles. The fourth-order valence-electron chi connectivity index (χ4n) is 0.977. The van der Waals surface area contributed by atoms with Crippen LogP contribution >= 0.6 is 0 Å². The zero-order valence-electron chi connectivity index (χ0n) is 10.3. The maximum atomic E-state index is 13.5. The third-order valence-corrected chi connectivity index (χ3v) is 2.02. The number of rotatable bonds is 2. The summed E-state index contributed by atoms with van der Waals surface area (Å²) in [4.78, 5) is 0. The molecule has 0 aliphatic heterocycles. The van der Waals surface area contributed by atoms with Gasteiger partial charge < -0.3 is 5.73 Å². The maximum absolute atomic E-state index is 13.5. The van der Waals surface area contributed by atoms with E-state index < -0.39 is 23.0 Å². The van der Waals surface area contributed by atoms with Crippen molar-refractivity contribution in [2.45, 2.75) is 33.9 Å². The van der Waals surface area contributed by atoms with Gasteiger partial charge in [0.15, 0.2) is 0 Å². The molecule has 0 saturated heterocycles. The second kappa shape index (κ2) is 5.38. The third kappa shape index (κ3) is 5.06. The van der Waals surface area contributed by atoms with Gasteiger partial charge in [-0.1, -0.05) is 32.9 Å². The van der Waals surface area contributed by atoms with Gasteiger partial charge >= 0.3 is 6.18 Å². The van der Waals surface area contributed by atoms with Gasteiger partial charge in [-0.15, -0.1) is 0 Å². The minimum atomic E-state index is -4.60. The zero-order valence-corrected chi connectivity index (χ0v) is 10.3. The maximum Gasteiger partial charge on any atom is 0.416 e. The van der Waals surface area contributed by atoms with Crippen molar-refractivity contribution in [3.05, 3.63) is 35.3 Å². The van der Waals surface area contributed by atoms with Crippen LogP contribution in [0.2, 0.25) is 0 Å².